The zero-order valence-electron chi connectivity index (χ0n) is 16.1. The lowest BCUT2D eigenvalue weighted by Crippen LogP contribution is -2.34. The standard InChI is InChI=1S/C21H25ClO4S/c1-15-6-9-17(10-7-15)27-21(12-5-13-22,20(23)26-4)16-8-11-18(24-2)19(14-16)25-3/h6-11,14H,5,12-13H2,1-4H3. The Morgan fingerprint density at radius 3 is 2.26 bits per heavy atom. The van der Waals surface area contributed by atoms with Crippen LogP contribution in [0.5, 0.6) is 11.5 Å². The Balaban J connectivity index is 2.58. The molecule has 0 saturated heterocycles. The molecule has 0 spiro atoms. The molecule has 0 aliphatic heterocycles. The highest BCUT2D eigenvalue weighted by molar-refractivity contribution is 8.01. The Labute approximate surface area is 170 Å². The van der Waals surface area contributed by atoms with Gasteiger partial charge in [0.15, 0.2) is 11.5 Å². The molecule has 146 valence electrons. The fourth-order valence-electron chi connectivity index (χ4n) is 2.89. The van der Waals surface area contributed by atoms with Crippen LogP contribution in [0.2, 0.25) is 0 Å². The fraction of sp³-hybridized carbons (Fsp3) is 0.381. The normalized spacial score (nSPS) is 12.9. The first kappa shape index (κ1) is 21.5. The number of carbonyl (C=O) groups excluding carboxylic acids is 1. The molecule has 0 aromatic heterocycles. The van der Waals surface area contributed by atoms with Crippen LogP contribution in [0.4, 0.5) is 0 Å². The number of alkyl halides is 1. The predicted octanol–water partition coefficient (Wildman–Crippen LogP) is 5.19. The van der Waals surface area contributed by atoms with E-state index in [9.17, 15) is 4.79 Å². The Hall–Kier alpha value is -1.85. The summed E-state index contributed by atoms with van der Waals surface area (Å²) in [5.74, 6) is 1.32. The third-order valence-electron chi connectivity index (χ3n) is 4.34. The fourth-order valence-corrected chi connectivity index (χ4v) is 4.36. The van der Waals surface area contributed by atoms with Gasteiger partial charge < -0.3 is 14.2 Å². The van der Waals surface area contributed by atoms with E-state index in [0.29, 0.717) is 30.2 Å². The largest absolute Gasteiger partial charge is 0.493 e. The molecule has 0 saturated carbocycles. The van der Waals surface area contributed by atoms with Crippen molar-refractivity contribution in [3.8, 4) is 11.5 Å². The maximum atomic E-state index is 13.0. The minimum atomic E-state index is -0.932. The number of hydrogen-bond donors (Lipinski definition) is 0. The molecule has 0 amide bonds. The summed E-state index contributed by atoms with van der Waals surface area (Å²) in [7, 11) is 4.57. The number of halogens is 1. The summed E-state index contributed by atoms with van der Waals surface area (Å²) in [5, 5.41) is 0. The number of methoxy groups -OCH3 is 3. The van der Waals surface area contributed by atoms with Crippen LogP contribution in [0.3, 0.4) is 0 Å². The van der Waals surface area contributed by atoms with E-state index in [4.69, 9.17) is 25.8 Å². The van der Waals surface area contributed by atoms with E-state index in [0.717, 1.165) is 16.0 Å². The van der Waals surface area contributed by atoms with Crippen LogP contribution in [-0.4, -0.2) is 33.2 Å². The number of carbonyl (C=O) groups is 1. The number of thioether (sulfide) groups is 1. The van der Waals surface area contributed by atoms with Gasteiger partial charge in [0.1, 0.15) is 4.75 Å². The smallest absolute Gasteiger partial charge is 0.326 e. The molecule has 6 heteroatoms. The maximum Gasteiger partial charge on any atom is 0.326 e. The van der Waals surface area contributed by atoms with Gasteiger partial charge in [0.05, 0.1) is 21.3 Å². The van der Waals surface area contributed by atoms with Gasteiger partial charge in [-0.2, -0.15) is 0 Å². The van der Waals surface area contributed by atoms with Crippen LogP contribution in [0.25, 0.3) is 0 Å². The minimum absolute atomic E-state index is 0.314. The molecule has 0 bridgehead atoms. The topological polar surface area (TPSA) is 44.8 Å². The quantitative estimate of drug-likeness (QED) is 0.324. The number of aryl methyl sites for hydroxylation is 1. The van der Waals surface area contributed by atoms with Crippen molar-refractivity contribution in [2.45, 2.75) is 29.4 Å². The first-order valence-electron chi connectivity index (χ1n) is 8.63. The summed E-state index contributed by atoms with van der Waals surface area (Å²) < 4.78 is 15.1. The molecule has 0 aliphatic carbocycles. The highest BCUT2D eigenvalue weighted by Gasteiger charge is 2.42. The molecule has 0 N–H and O–H groups in total. The van der Waals surface area contributed by atoms with Gasteiger partial charge in [-0.15, -0.1) is 23.4 Å². The van der Waals surface area contributed by atoms with Crippen molar-refractivity contribution in [3.05, 3.63) is 53.6 Å². The maximum absolute atomic E-state index is 13.0. The van der Waals surface area contributed by atoms with E-state index in [-0.39, 0.29) is 5.97 Å². The third kappa shape index (κ3) is 4.90. The average Bonchev–Trinajstić information content (AvgIpc) is 2.71. The molecule has 4 nitrogen and oxygen atoms in total. The second-order valence-corrected chi connectivity index (χ2v) is 7.85. The van der Waals surface area contributed by atoms with Gasteiger partial charge in [0.2, 0.25) is 0 Å². The van der Waals surface area contributed by atoms with Gasteiger partial charge >= 0.3 is 5.97 Å². The highest BCUT2D eigenvalue weighted by Crippen LogP contribution is 2.48. The molecule has 0 fully saturated rings. The van der Waals surface area contributed by atoms with E-state index >= 15 is 0 Å². The lowest BCUT2D eigenvalue weighted by atomic mass is 9.93. The van der Waals surface area contributed by atoms with Crippen LogP contribution in [0, 0.1) is 6.92 Å². The lowest BCUT2D eigenvalue weighted by Gasteiger charge is -2.31. The molecule has 0 heterocycles. The van der Waals surface area contributed by atoms with Crippen molar-refractivity contribution in [2.24, 2.45) is 0 Å². The molecule has 2 aromatic rings. The Morgan fingerprint density at radius 1 is 1.04 bits per heavy atom. The molecule has 2 rings (SSSR count). The number of benzene rings is 2. The summed E-state index contributed by atoms with van der Waals surface area (Å²) in [4.78, 5) is 14.0. The predicted molar refractivity (Wildman–Crippen MR) is 110 cm³/mol. The molecule has 2 aromatic carbocycles. The first-order chi connectivity index (χ1) is 13.0. The summed E-state index contributed by atoms with van der Waals surface area (Å²) >= 11 is 7.44. The zero-order valence-corrected chi connectivity index (χ0v) is 17.7. The molecular weight excluding hydrogens is 384 g/mol. The van der Waals surface area contributed by atoms with Gasteiger partial charge in [-0.25, -0.2) is 0 Å². The van der Waals surface area contributed by atoms with E-state index in [1.807, 2.05) is 49.4 Å². The third-order valence-corrected chi connectivity index (χ3v) is 6.07. The molecular formula is C21H25ClO4S. The van der Waals surface area contributed by atoms with Crippen molar-refractivity contribution < 1.29 is 19.0 Å². The summed E-state index contributed by atoms with van der Waals surface area (Å²) in [6.45, 7) is 2.03. The summed E-state index contributed by atoms with van der Waals surface area (Å²) in [5.41, 5.74) is 1.96. The van der Waals surface area contributed by atoms with Crippen LogP contribution in [0.1, 0.15) is 24.0 Å². The van der Waals surface area contributed by atoms with Gasteiger partial charge in [-0.1, -0.05) is 23.8 Å². The zero-order chi connectivity index (χ0) is 19.9. The lowest BCUT2D eigenvalue weighted by molar-refractivity contribution is -0.144. The van der Waals surface area contributed by atoms with Crippen molar-refractivity contribution in [1.82, 2.24) is 0 Å². The summed E-state index contributed by atoms with van der Waals surface area (Å²) in [6.07, 6.45) is 1.21. The number of rotatable bonds is 9. The average molecular weight is 409 g/mol. The van der Waals surface area contributed by atoms with Crippen molar-refractivity contribution >= 4 is 29.3 Å². The van der Waals surface area contributed by atoms with Gasteiger partial charge in [-0.3, -0.25) is 4.79 Å². The van der Waals surface area contributed by atoms with Crippen LogP contribution in [-0.2, 0) is 14.3 Å². The number of hydrogen-bond acceptors (Lipinski definition) is 5. The molecule has 1 unspecified atom stereocenters. The minimum Gasteiger partial charge on any atom is -0.493 e. The van der Waals surface area contributed by atoms with Gasteiger partial charge in [-0.05, 0) is 49.6 Å². The Kier molecular flexibility index (Phi) is 7.87. The molecule has 27 heavy (non-hydrogen) atoms. The van der Waals surface area contributed by atoms with Crippen molar-refractivity contribution in [1.29, 1.82) is 0 Å². The number of ether oxygens (including phenoxy) is 3. The summed E-state index contributed by atoms with van der Waals surface area (Å²) in [6, 6.07) is 13.6. The van der Waals surface area contributed by atoms with Crippen molar-refractivity contribution in [2.75, 3.05) is 27.2 Å². The van der Waals surface area contributed by atoms with E-state index in [1.165, 1.54) is 18.9 Å². The van der Waals surface area contributed by atoms with Gasteiger partial charge in [0.25, 0.3) is 0 Å². The van der Waals surface area contributed by atoms with Crippen LogP contribution >= 0.6 is 23.4 Å². The van der Waals surface area contributed by atoms with Crippen molar-refractivity contribution in [3.63, 3.8) is 0 Å². The van der Waals surface area contributed by atoms with E-state index in [1.54, 1.807) is 14.2 Å². The van der Waals surface area contributed by atoms with E-state index < -0.39 is 4.75 Å². The first-order valence-corrected chi connectivity index (χ1v) is 9.98. The van der Waals surface area contributed by atoms with Gasteiger partial charge in [0, 0.05) is 10.8 Å². The van der Waals surface area contributed by atoms with Crippen LogP contribution < -0.4 is 9.47 Å². The SMILES string of the molecule is COC(=O)C(CCCCl)(Sc1ccc(C)cc1)c1ccc(OC)c(OC)c1. The highest BCUT2D eigenvalue weighted by atomic mass is 35.5. The second-order valence-electron chi connectivity index (χ2n) is 6.10. The second kappa shape index (κ2) is 9.90. The van der Waals surface area contributed by atoms with Crippen LogP contribution in [0.15, 0.2) is 47.4 Å². The molecule has 0 radical (unpaired) electrons. The monoisotopic (exact) mass is 408 g/mol. The molecule has 1 atom stereocenters. The Morgan fingerprint density at radius 2 is 1.70 bits per heavy atom. The Bertz CT molecular complexity index is 763. The van der Waals surface area contributed by atoms with E-state index in [2.05, 4.69) is 0 Å². The molecule has 0 aliphatic rings. The number of esters is 1.